The predicted octanol–water partition coefficient (Wildman–Crippen LogP) is -2.38. The van der Waals surface area contributed by atoms with Crippen molar-refractivity contribution in [3.05, 3.63) is 59.2 Å². The molecule has 1 saturated heterocycles. The average molecular weight is 714 g/mol. The van der Waals surface area contributed by atoms with E-state index in [1.54, 1.807) is 29.2 Å². The third-order valence-corrected chi connectivity index (χ3v) is 7.31. The largest absolute Gasteiger partial charge is 0.454 e. The second kappa shape index (κ2) is 18.4. The molecule has 1 aromatic carbocycles. The number of hydrogen-bond acceptors (Lipinski definition) is 15. The van der Waals surface area contributed by atoms with Crippen LogP contribution in [0.5, 0.6) is 0 Å². The molecule has 0 radical (unpaired) electrons. The van der Waals surface area contributed by atoms with E-state index in [9.17, 15) is 38.4 Å². The summed E-state index contributed by atoms with van der Waals surface area (Å²) in [6, 6.07) is 7.58. The molecular weight excluding hydrogens is 682 g/mol. The van der Waals surface area contributed by atoms with Gasteiger partial charge in [-0.05, 0) is 17.2 Å². The van der Waals surface area contributed by atoms with Crippen molar-refractivity contribution in [2.24, 2.45) is 0 Å². The number of nitrogens with one attached hydrogen (secondary N) is 4. The van der Waals surface area contributed by atoms with E-state index >= 15 is 0 Å². The van der Waals surface area contributed by atoms with Gasteiger partial charge in [0.1, 0.15) is 30.7 Å². The summed E-state index contributed by atoms with van der Waals surface area (Å²) in [4.78, 5) is 102. The lowest BCUT2D eigenvalue weighted by Gasteiger charge is -2.18. The first-order valence-electron chi connectivity index (χ1n) is 14.8. The highest BCUT2D eigenvalue weighted by Crippen LogP contribution is 2.22. The summed E-state index contributed by atoms with van der Waals surface area (Å²) >= 11 is 1.48. The third-order valence-electron chi connectivity index (χ3n) is 6.51. The van der Waals surface area contributed by atoms with Gasteiger partial charge in [0.15, 0.2) is 26.4 Å². The number of carbonyl (C=O) groups excluding carboxylic acids is 8. The van der Waals surface area contributed by atoms with Crippen LogP contribution in [0.2, 0.25) is 0 Å². The van der Waals surface area contributed by atoms with Gasteiger partial charge in [-0.1, -0.05) is 24.3 Å². The fourth-order valence-corrected chi connectivity index (χ4v) is 4.77. The standard InChI is InChI=1S/C30H31N7O12S/c38-22-14-47-27(43)11-34-24(40)16-49-30(45)20(36-25(41)17-48-28(44)12-33-23(39)15-46-26(42)10-32-22)9-18-1-3-19(4-2-18)13-37-21(5-6-35-37)29-31-7-8-50-29/h1-8,20H,9-17H2,(H,32,38)(H,33,39)(H,34,40)(H,36,41). The van der Waals surface area contributed by atoms with Crippen molar-refractivity contribution in [3.63, 3.8) is 0 Å². The summed E-state index contributed by atoms with van der Waals surface area (Å²) in [6.45, 7) is -4.84. The Hall–Kier alpha value is -6.18. The molecule has 1 aliphatic heterocycles. The van der Waals surface area contributed by atoms with Gasteiger partial charge in [0, 0.05) is 24.2 Å². The molecule has 20 heteroatoms. The van der Waals surface area contributed by atoms with E-state index in [1.807, 2.05) is 23.6 Å². The van der Waals surface area contributed by atoms with Crippen LogP contribution in [0.3, 0.4) is 0 Å². The first kappa shape index (κ1) is 36.7. The number of esters is 4. The molecule has 1 aliphatic rings. The normalized spacial score (nSPS) is 18.2. The van der Waals surface area contributed by atoms with Gasteiger partial charge in [-0.15, -0.1) is 11.3 Å². The summed E-state index contributed by atoms with van der Waals surface area (Å²) in [7, 11) is 0. The number of ether oxygens (including phenoxy) is 4. The maximum absolute atomic E-state index is 13.0. The molecule has 0 spiro atoms. The number of amides is 4. The van der Waals surface area contributed by atoms with Gasteiger partial charge in [-0.2, -0.15) is 5.10 Å². The van der Waals surface area contributed by atoms with Gasteiger partial charge in [0.05, 0.1) is 12.2 Å². The minimum absolute atomic E-state index is 0.0876. The van der Waals surface area contributed by atoms with Crippen LogP contribution in [0.15, 0.2) is 48.1 Å². The van der Waals surface area contributed by atoms with Crippen molar-refractivity contribution >= 4 is 58.8 Å². The van der Waals surface area contributed by atoms with E-state index in [0.29, 0.717) is 12.1 Å². The number of benzene rings is 1. The molecule has 50 heavy (non-hydrogen) atoms. The minimum Gasteiger partial charge on any atom is -0.454 e. The van der Waals surface area contributed by atoms with Crippen LogP contribution in [0.4, 0.5) is 0 Å². The van der Waals surface area contributed by atoms with Gasteiger partial charge < -0.3 is 40.2 Å². The van der Waals surface area contributed by atoms with Crippen LogP contribution in [0.1, 0.15) is 11.1 Å². The maximum Gasteiger partial charge on any atom is 0.329 e. The molecule has 3 aromatic rings. The molecule has 1 atom stereocenters. The smallest absolute Gasteiger partial charge is 0.329 e. The van der Waals surface area contributed by atoms with Gasteiger partial charge in [0.25, 0.3) is 23.6 Å². The van der Waals surface area contributed by atoms with Crippen LogP contribution in [-0.4, -0.2) is 114 Å². The fraction of sp³-hybridized carbons (Fsp3) is 0.333. The Balaban J connectivity index is 1.40. The molecule has 3 heterocycles. The maximum atomic E-state index is 13.0. The zero-order valence-electron chi connectivity index (χ0n) is 26.2. The van der Waals surface area contributed by atoms with E-state index in [0.717, 1.165) is 16.3 Å². The monoisotopic (exact) mass is 713 g/mol. The molecule has 19 nitrogen and oxygen atoms in total. The second-order valence-corrected chi connectivity index (χ2v) is 11.2. The number of thiazole rings is 1. The van der Waals surface area contributed by atoms with Crippen LogP contribution in [0, 0.1) is 0 Å². The van der Waals surface area contributed by atoms with Crippen LogP contribution in [0.25, 0.3) is 10.7 Å². The Morgan fingerprint density at radius 3 is 1.72 bits per heavy atom. The Kier molecular flexibility index (Phi) is 13.5. The molecule has 2 aromatic heterocycles. The summed E-state index contributed by atoms with van der Waals surface area (Å²) in [5, 5.41) is 15.8. The Morgan fingerprint density at radius 2 is 1.18 bits per heavy atom. The molecule has 1 unspecified atom stereocenters. The molecule has 264 valence electrons. The van der Waals surface area contributed by atoms with Crippen LogP contribution >= 0.6 is 11.3 Å². The van der Waals surface area contributed by atoms with Crippen molar-refractivity contribution in [3.8, 4) is 10.7 Å². The van der Waals surface area contributed by atoms with E-state index in [1.165, 1.54) is 11.3 Å². The summed E-state index contributed by atoms with van der Waals surface area (Å²) in [6.07, 6.45) is 3.28. The fourth-order valence-electron chi connectivity index (χ4n) is 4.10. The summed E-state index contributed by atoms with van der Waals surface area (Å²) in [5.41, 5.74) is 2.32. The number of carbonyl (C=O) groups is 8. The number of nitrogens with zero attached hydrogens (tertiary/aromatic N) is 3. The number of hydrogen-bond donors (Lipinski definition) is 4. The lowest BCUT2D eigenvalue weighted by Crippen LogP contribution is -2.46. The van der Waals surface area contributed by atoms with Crippen molar-refractivity contribution in [1.82, 2.24) is 36.0 Å². The second-order valence-electron chi connectivity index (χ2n) is 10.3. The number of rotatable bonds is 5. The van der Waals surface area contributed by atoms with Crippen molar-refractivity contribution in [2.75, 3.05) is 46.1 Å². The number of cyclic esters (lactones) is 4. The first-order chi connectivity index (χ1) is 24.0. The highest BCUT2D eigenvalue weighted by atomic mass is 32.1. The highest BCUT2D eigenvalue weighted by molar-refractivity contribution is 7.13. The van der Waals surface area contributed by atoms with E-state index in [4.69, 9.17) is 14.2 Å². The highest BCUT2D eigenvalue weighted by Gasteiger charge is 2.25. The van der Waals surface area contributed by atoms with Crippen molar-refractivity contribution in [1.29, 1.82) is 0 Å². The average Bonchev–Trinajstić information content (AvgIpc) is 3.81. The minimum atomic E-state index is -1.34. The Bertz CT molecular complexity index is 1710. The van der Waals surface area contributed by atoms with E-state index in [-0.39, 0.29) is 6.42 Å². The first-order valence-corrected chi connectivity index (χ1v) is 15.7. The molecule has 4 amide bonds. The number of aromatic nitrogens is 3. The van der Waals surface area contributed by atoms with E-state index < -0.39 is 99.6 Å². The van der Waals surface area contributed by atoms with Gasteiger partial charge in [-0.25, -0.2) is 9.78 Å². The summed E-state index contributed by atoms with van der Waals surface area (Å²) < 4.78 is 21.0. The lowest BCUT2D eigenvalue weighted by molar-refractivity contribution is -0.154. The molecule has 0 bridgehead atoms. The Morgan fingerprint density at radius 1 is 0.660 bits per heavy atom. The SMILES string of the molecule is O=C1COC(=O)CNC(=O)COC(=O)C(Cc2ccc(Cn3nccc3-c3nccs3)cc2)NC(=O)COC(=O)CNC(=O)COC(=O)CN1. The van der Waals surface area contributed by atoms with Crippen molar-refractivity contribution in [2.45, 2.75) is 19.0 Å². The molecule has 4 rings (SSSR count). The zero-order valence-corrected chi connectivity index (χ0v) is 27.0. The Labute approximate surface area is 287 Å². The van der Waals surface area contributed by atoms with Crippen molar-refractivity contribution < 1.29 is 57.3 Å². The lowest BCUT2D eigenvalue weighted by atomic mass is 10.0. The summed E-state index contributed by atoms with van der Waals surface area (Å²) in [5.74, 6) is -7.58. The van der Waals surface area contributed by atoms with Gasteiger partial charge >= 0.3 is 23.9 Å². The topological polar surface area (TPSA) is 252 Å². The molecule has 1 fully saturated rings. The molecule has 0 aliphatic carbocycles. The quantitative estimate of drug-likeness (QED) is 0.159. The van der Waals surface area contributed by atoms with Gasteiger partial charge in [-0.3, -0.25) is 38.2 Å². The molecule has 4 N–H and O–H groups in total. The van der Waals surface area contributed by atoms with E-state index in [2.05, 4.69) is 36.1 Å². The van der Waals surface area contributed by atoms with Crippen LogP contribution < -0.4 is 21.3 Å². The van der Waals surface area contributed by atoms with Crippen LogP contribution in [-0.2, 0) is 70.3 Å². The third kappa shape index (κ3) is 12.1. The predicted molar refractivity (Wildman–Crippen MR) is 167 cm³/mol. The molecule has 0 saturated carbocycles. The molecular formula is C30H31N7O12S. The zero-order chi connectivity index (χ0) is 35.9. The van der Waals surface area contributed by atoms with Gasteiger partial charge in [0.2, 0.25) is 0 Å².